The van der Waals surface area contributed by atoms with Gasteiger partial charge in [-0.25, -0.2) is 0 Å². The van der Waals surface area contributed by atoms with Gasteiger partial charge in [0.2, 0.25) is 5.91 Å². The van der Waals surface area contributed by atoms with Crippen LogP contribution >= 0.6 is 0 Å². The molecule has 2 aromatic rings. The summed E-state index contributed by atoms with van der Waals surface area (Å²) in [6, 6.07) is 11.6. The molecule has 0 saturated carbocycles. The first-order valence-electron chi connectivity index (χ1n) is 8.62. The summed E-state index contributed by atoms with van der Waals surface area (Å²) in [5.41, 5.74) is 1.44. The molecule has 2 aromatic carbocycles. The number of non-ortho nitro benzene ring substituents is 1. The average molecular weight is 370 g/mol. The highest BCUT2D eigenvalue weighted by atomic mass is 16.6. The lowest BCUT2D eigenvalue weighted by Gasteiger charge is -2.12. The van der Waals surface area contributed by atoms with Gasteiger partial charge in [-0.1, -0.05) is 18.2 Å². The zero-order chi connectivity index (χ0) is 19.6. The number of ether oxygens (including phenoxy) is 2. The van der Waals surface area contributed by atoms with Gasteiger partial charge in [-0.15, -0.1) is 0 Å². The molecule has 2 rings (SSSR count). The number of benzene rings is 2. The highest BCUT2D eigenvalue weighted by molar-refractivity contribution is 5.91. The fraction of sp³-hybridized carbons (Fsp3) is 0.250. The molecule has 0 aliphatic heterocycles. The lowest BCUT2D eigenvalue weighted by atomic mass is 10.2. The SMILES string of the molecule is CCOc1ccc(CNC(=O)/C=C/c2cccc([N+](=O)[O-])c2)cc1OCC. The molecular weight excluding hydrogens is 348 g/mol. The molecule has 7 heteroatoms. The zero-order valence-electron chi connectivity index (χ0n) is 15.3. The van der Waals surface area contributed by atoms with E-state index in [4.69, 9.17) is 9.47 Å². The molecule has 0 radical (unpaired) electrons. The van der Waals surface area contributed by atoms with Gasteiger partial charge < -0.3 is 14.8 Å². The van der Waals surface area contributed by atoms with Crippen LogP contribution in [-0.2, 0) is 11.3 Å². The van der Waals surface area contributed by atoms with Crippen LogP contribution in [-0.4, -0.2) is 24.0 Å². The summed E-state index contributed by atoms with van der Waals surface area (Å²) in [7, 11) is 0. The number of nitrogens with one attached hydrogen (secondary N) is 1. The van der Waals surface area contributed by atoms with Gasteiger partial charge in [-0.2, -0.15) is 0 Å². The average Bonchev–Trinajstić information content (AvgIpc) is 2.67. The minimum Gasteiger partial charge on any atom is -0.490 e. The molecule has 0 heterocycles. The quantitative estimate of drug-likeness (QED) is 0.413. The van der Waals surface area contributed by atoms with E-state index < -0.39 is 4.92 Å². The Morgan fingerprint density at radius 1 is 1.11 bits per heavy atom. The van der Waals surface area contributed by atoms with Crippen molar-refractivity contribution in [2.45, 2.75) is 20.4 Å². The Morgan fingerprint density at radius 2 is 1.85 bits per heavy atom. The number of nitro groups is 1. The number of hydrogen-bond acceptors (Lipinski definition) is 5. The third-order valence-electron chi connectivity index (χ3n) is 3.58. The van der Waals surface area contributed by atoms with E-state index in [0.717, 1.165) is 5.56 Å². The van der Waals surface area contributed by atoms with Crippen LogP contribution in [0.4, 0.5) is 5.69 Å². The van der Waals surface area contributed by atoms with Gasteiger partial charge in [0.1, 0.15) is 0 Å². The topological polar surface area (TPSA) is 90.7 Å². The first-order valence-corrected chi connectivity index (χ1v) is 8.62. The Bertz CT molecular complexity index is 833. The van der Waals surface area contributed by atoms with Crippen molar-refractivity contribution in [3.8, 4) is 11.5 Å². The predicted octanol–water partition coefficient (Wildman–Crippen LogP) is 3.72. The molecule has 1 amide bonds. The Kier molecular flexibility index (Phi) is 7.37. The maximum absolute atomic E-state index is 12.0. The Balaban J connectivity index is 1.97. The van der Waals surface area contributed by atoms with Gasteiger partial charge in [0.05, 0.1) is 18.1 Å². The fourth-order valence-corrected chi connectivity index (χ4v) is 2.37. The molecule has 0 aromatic heterocycles. The minimum atomic E-state index is -0.473. The van der Waals surface area contributed by atoms with Crippen LogP contribution in [0.3, 0.4) is 0 Å². The molecule has 0 atom stereocenters. The maximum Gasteiger partial charge on any atom is 0.270 e. The normalized spacial score (nSPS) is 10.6. The summed E-state index contributed by atoms with van der Waals surface area (Å²) >= 11 is 0. The Labute approximate surface area is 157 Å². The van der Waals surface area contributed by atoms with Gasteiger partial charge >= 0.3 is 0 Å². The van der Waals surface area contributed by atoms with Crippen LogP contribution < -0.4 is 14.8 Å². The zero-order valence-corrected chi connectivity index (χ0v) is 15.3. The smallest absolute Gasteiger partial charge is 0.270 e. The number of hydrogen-bond donors (Lipinski definition) is 1. The fourth-order valence-electron chi connectivity index (χ4n) is 2.37. The van der Waals surface area contributed by atoms with Gasteiger partial charge in [0, 0.05) is 24.8 Å². The van der Waals surface area contributed by atoms with Crippen molar-refractivity contribution in [2.75, 3.05) is 13.2 Å². The number of rotatable bonds is 9. The predicted molar refractivity (Wildman–Crippen MR) is 103 cm³/mol. The van der Waals surface area contributed by atoms with Gasteiger partial charge in [0.25, 0.3) is 5.69 Å². The van der Waals surface area contributed by atoms with E-state index in [0.29, 0.717) is 36.8 Å². The highest BCUT2D eigenvalue weighted by Crippen LogP contribution is 2.28. The largest absolute Gasteiger partial charge is 0.490 e. The van der Waals surface area contributed by atoms with Crippen LogP contribution in [0, 0.1) is 10.1 Å². The second-order valence-corrected chi connectivity index (χ2v) is 5.55. The first-order chi connectivity index (χ1) is 13.0. The summed E-state index contributed by atoms with van der Waals surface area (Å²) in [6.07, 6.45) is 2.88. The van der Waals surface area contributed by atoms with Crippen molar-refractivity contribution >= 4 is 17.7 Å². The standard InChI is InChI=1S/C20H22N2O5/c1-3-26-18-10-8-16(13-19(18)27-4-2)14-21-20(23)11-9-15-6-5-7-17(12-15)22(24)25/h5-13H,3-4,14H2,1-2H3,(H,21,23)/b11-9+. The second-order valence-electron chi connectivity index (χ2n) is 5.55. The van der Waals surface area contributed by atoms with E-state index in [1.165, 1.54) is 24.3 Å². The minimum absolute atomic E-state index is 0.0181. The third kappa shape index (κ3) is 6.14. The van der Waals surface area contributed by atoms with E-state index in [2.05, 4.69) is 5.32 Å². The number of amides is 1. The van der Waals surface area contributed by atoms with Crippen molar-refractivity contribution in [3.05, 3.63) is 69.8 Å². The molecule has 142 valence electrons. The van der Waals surface area contributed by atoms with Crippen molar-refractivity contribution in [1.29, 1.82) is 0 Å². The Morgan fingerprint density at radius 3 is 2.56 bits per heavy atom. The van der Waals surface area contributed by atoms with Crippen LogP contribution in [0.25, 0.3) is 6.08 Å². The summed E-state index contributed by atoms with van der Waals surface area (Å²) in [6.45, 7) is 5.17. The summed E-state index contributed by atoms with van der Waals surface area (Å²) in [5, 5.41) is 13.5. The maximum atomic E-state index is 12.0. The number of nitro benzene ring substituents is 1. The van der Waals surface area contributed by atoms with Crippen molar-refractivity contribution < 1.29 is 19.2 Å². The van der Waals surface area contributed by atoms with E-state index in [-0.39, 0.29) is 11.6 Å². The van der Waals surface area contributed by atoms with Crippen LogP contribution in [0.15, 0.2) is 48.5 Å². The molecular formula is C20H22N2O5. The van der Waals surface area contributed by atoms with Crippen molar-refractivity contribution in [3.63, 3.8) is 0 Å². The second kappa shape index (κ2) is 9.96. The van der Waals surface area contributed by atoms with E-state index >= 15 is 0 Å². The molecule has 0 aliphatic rings. The third-order valence-corrected chi connectivity index (χ3v) is 3.58. The molecule has 0 spiro atoms. The molecule has 0 saturated heterocycles. The van der Waals surface area contributed by atoms with Crippen LogP contribution in [0.5, 0.6) is 11.5 Å². The lowest BCUT2D eigenvalue weighted by molar-refractivity contribution is -0.384. The summed E-state index contributed by atoms with van der Waals surface area (Å²) in [5.74, 6) is 1.01. The number of carbonyl (C=O) groups excluding carboxylic acids is 1. The molecule has 0 fully saturated rings. The van der Waals surface area contributed by atoms with E-state index in [1.807, 2.05) is 32.0 Å². The van der Waals surface area contributed by atoms with Gasteiger partial charge in [-0.05, 0) is 43.2 Å². The summed E-state index contributed by atoms with van der Waals surface area (Å²) in [4.78, 5) is 22.3. The highest BCUT2D eigenvalue weighted by Gasteiger charge is 2.07. The number of carbonyl (C=O) groups is 1. The molecule has 0 unspecified atom stereocenters. The molecule has 7 nitrogen and oxygen atoms in total. The number of nitrogens with zero attached hydrogens (tertiary/aromatic N) is 1. The van der Waals surface area contributed by atoms with Gasteiger partial charge in [0.15, 0.2) is 11.5 Å². The van der Waals surface area contributed by atoms with Crippen LogP contribution in [0.2, 0.25) is 0 Å². The van der Waals surface area contributed by atoms with E-state index in [9.17, 15) is 14.9 Å². The summed E-state index contributed by atoms with van der Waals surface area (Å²) < 4.78 is 11.1. The lowest BCUT2D eigenvalue weighted by Crippen LogP contribution is -2.20. The van der Waals surface area contributed by atoms with Crippen molar-refractivity contribution in [2.24, 2.45) is 0 Å². The van der Waals surface area contributed by atoms with Crippen molar-refractivity contribution in [1.82, 2.24) is 5.32 Å². The molecule has 1 N–H and O–H groups in total. The van der Waals surface area contributed by atoms with Gasteiger partial charge in [-0.3, -0.25) is 14.9 Å². The Hall–Kier alpha value is -3.35. The molecule has 0 bridgehead atoms. The van der Waals surface area contributed by atoms with E-state index in [1.54, 1.807) is 12.1 Å². The molecule has 0 aliphatic carbocycles. The first kappa shape index (κ1) is 20.0. The monoisotopic (exact) mass is 370 g/mol. The molecule has 27 heavy (non-hydrogen) atoms. The van der Waals surface area contributed by atoms with Crippen LogP contribution in [0.1, 0.15) is 25.0 Å².